The lowest BCUT2D eigenvalue weighted by Gasteiger charge is -2.32. The third kappa shape index (κ3) is 6.27. The Hall–Kier alpha value is -3.04. The van der Waals surface area contributed by atoms with Crippen molar-refractivity contribution < 1.29 is 19.0 Å². The molecule has 0 heterocycles. The minimum absolute atomic E-state index is 0.117. The fourth-order valence-corrected chi connectivity index (χ4v) is 4.20. The smallest absolute Gasteiger partial charge is 0.160 e. The minimum atomic E-state index is -0.640. The number of rotatable bonds is 13. The number of nitrogens with zero attached hydrogens (tertiary/aromatic N) is 2. The van der Waals surface area contributed by atoms with E-state index in [0.29, 0.717) is 11.3 Å². The molecule has 178 valence electrons. The maximum atomic E-state index is 11.3. The Morgan fingerprint density at radius 2 is 1.70 bits per heavy atom. The van der Waals surface area contributed by atoms with Crippen LogP contribution in [0.4, 0.5) is 0 Å². The molecule has 0 radical (unpaired) electrons. The Kier molecular flexibility index (Phi) is 9.74. The quantitative estimate of drug-likeness (QED) is 0.403. The van der Waals surface area contributed by atoms with Crippen LogP contribution in [0.15, 0.2) is 36.4 Å². The molecule has 0 fully saturated rings. The summed E-state index contributed by atoms with van der Waals surface area (Å²) >= 11 is 0. The van der Waals surface area contributed by atoms with E-state index in [1.54, 1.807) is 27.4 Å². The standard InChI is InChI=1S/C27H36N2O4/c1-20(2)27(19-28,23-10-9-22(18-30)25(17-23)32-5)13-7-14-29(3)15-12-21-8-11-24(31-4)26(16-21)33-6/h8-11,16-18,20H,7,12-15H2,1-6H3. The van der Waals surface area contributed by atoms with E-state index < -0.39 is 5.41 Å². The lowest BCUT2D eigenvalue weighted by Crippen LogP contribution is -2.32. The van der Waals surface area contributed by atoms with Crippen molar-refractivity contribution in [3.63, 3.8) is 0 Å². The Bertz CT molecular complexity index is 967. The van der Waals surface area contributed by atoms with Gasteiger partial charge in [0.15, 0.2) is 17.8 Å². The highest BCUT2D eigenvalue weighted by atomic mass is 16.5. The van der Waals surface area contributed by atoms with Gasteiger partial charge in [0.05, 0.1) is 38.4 Å². The fourth-order valence-electron chi connectivity index (χ4n) is 4.20. The number of likely N-dealkylation sites (N-methyl/N-ethyl adjacent to an activating group) is 1. The van der Waals surface area contributed by atoms with Gasteiger partial charge in [-0.25, -0.2) is 0 Å². The Balaban J connectivity index is 2.03. The SMILES string of the molecule is COc1cc(C(C#N)(CCCN(C)CCc2ccc(OC)c(OC)c2)C(C)C)ccc1C=O. The number of hydrogen-bond donors (Lipinski definition) is 0. The molecule has 0 N–H and O–H groups in total. The molecule has 0 bridgehead atoms. The van der Waals surface area contributed by atoms with E-state index in [-0.39, 0.29) is 5.92 Å². The van der Waals surface area contributed by atoms with Crippen molar-refractivity contribution in [3.05, 3.63) is 53.1 Å². The lowest BCUT2D eigenvalue weighted by molar-refractivity contribution is 0.112. The van der Waals surface area contributed by atoms with Gasteiger partial charge in [-0.15, -0.1) is 0 Å². The maximum Gasteiger partial charge on any atom is 0.160 e. The van der Waals surface area contributed by atoms with Gasteiger partial charge in [-0.2, -0.15) is 5.26 Å². The zero-order valence-corrected chi connectivity index (χ0v) is 20.7. The minimum Gasteiger partial charge on any atom is -0.496 e. The molecule has 0 amide bonds. The van der Waals surface area contributed by atoms with Gasteiger partial charge in [0.25, 0.3) is 0 Å². The molecule has 0 aliphatic heterocycles. The molecule has 6 heteroatoms. The number of nitriles is 1. The molecule has 2 rings (SSSR count). The Morgan fingerprint density at radius 3 is 2.27 bits per heavy atom. The first-order valence-corrected chi connectivity index (χ1v) is 11.3. The molecule has 6 nitrogen and oxygen atoms in total. The van der Waals surface area contributed by atoms with E-state index in [1.165, 1.54) is 5.56 Å². The summed E-state index contributed by atoms with van der Waals surface area (Å²) < 4.78 is 16.1. The monoisotopic (exact) mass is 452 g/mol. The van der Waals surface area contributed by atoms with Crippen LogP contribution < -0.4 is 14.2 Å². The van der Waals surface area contributed by atoms with Crippen molar-refractivity contribution in [3.8, 4) is 23.3 Å². The highest BCUT2D eigenvalue weighted by molar-refractivity contribution is 5.79. The number of carbonyl (C=O) groups is 1. The molecule has 2 aromatic carbocycles. The summed E-state index contributed by atoms with van der Waals surface area (Å²) in [4.78, 5) is 13.6. The van der Waals surface area contributed by atoms with Crippen LogP contribution in [0, 0.1) is 17.2 Å². The van der Waals surface area contributed by atoms with Crippen molar-refractivity contribution in [2.45, 2.75) is 38.5 Å². The van der Waals surface area contributed by atoms with E-state index in [4.69, 9.17) is 14.2 Å². The summed E-state index contributed by atoms with van der Waals surface area (Å²) in [6.45, 7) is 5.93. The van der Waals surface area contributed by atoms with Crippen LogP contribution in [-0.2, 0) is 11.8 Å². The molecule has 33 heavy (non-hydrogen) atoms. The second kappa shape index (κ2) is 12.3. The molecule has 0 saturated heterocycles. The van der Waals surface area contributed by atoms with Crippen LogP contribution in [0.3, 0.4) is 0 Å². The summed E-state index contributed by atoms with van der Waals surface area (Å²) in [5.41, 5.74) is 1.94. The van der Waals surface area contributed by atoms with Crippen molar-refractivity contribution in [1.29, 1.82) is 5.26 Å². The van der Waals surface area contributed by atoms with Crippen LogP contribution in [-0.4, -0.2) is 52.7 Å². The van der Waals surface area contributed by atoms with Crippen LogP contribution in [0.2, 0.25) is 0 Å². The van der Waals surface area contributed by atoms with Crippen molar-refractivity contribution in [2.75, 3.05) is 41.5 Å². The molecule has 0 spiro atoms. The van der Waals surface area contributed by atoms with Gasteiger partial charge in [-0.1, -0.05) is 26.0 Å². The number of ether oxygens (including phenoxy) is 3. The van der Waals surface area contributed by atoms with Crippen molar-refractivity contribution in [2.24, 2.45) is 5.92 Å². The molecule has 0 aliphatic rings. The molecule has 1 atom stereocenters. The van der Waals surface area contributed by atoms with Gasteiger partial charge in [0.1, 0.15) is 5.75 Å². The predicted molar refractivity (Wildman–Crippen MR) is 130 cm³/mol. The van der Waals surface area contributed by atoms with E-state index >= 15 is 0 Å². The average Bonchev–Trinajstić information content (AvgIpc) is 2.84. The third-order valence-electron chi connectivity index (χ3n) is 6.40. The van der Waals surface area contributed by atoms with Gasteiger partial charge in [-0.3, -0.25) is 4.79 Å². The van der Waals surface area contributed by atoms with E-state index in [1.807, 2.05) is 24.3 Å². The first kappa shape index (κ1) is 26.2. The van der Waals surface area contributed by atoms with Crippen molar-refractivity contribution >= 4 is 6.29 Å². The molecular weight excluding hydrogens is 416 g/mol. The number of methoxy groups -OCH3 is 3. The zero-order chi connectivity index (χ0) is 24.4. The second-order valence-corrected chi connectivity index (χ2v) is 8.66. The van der Waals surface area contributed by atoms with E-state index in [9.17, 15) is 10.1 Å². The largest absolute Gasteiger partial charge is 0.496 e. The molecule has 0 saturated carbocycles. The van der Waals surface area contributed by atoms with E-state index in [0.717, 1.165) is 55.7 Å². The normalized spacial score (nSPS) is 12.8. The van der Waals surface area contributed by atoms with Gasteiger partial charge in [0.2, 0.25) is 0 Å². The summed E-state index contributed by atoms with van der Waals surface area (Å²) in [6, 6.07) is 14.1. The molecule has 1 unspecified atom stereocenters. The topological polar surface area (TPSA) is 71.8 Å². The lowest BCUT2D eigenvalue weighted by atomic mass is 9.69. The third-order valence-corrected chi connectivity index (χ3v) is 6.40. The Labute approximate surface area is 198 Å². The average molecular weight is 453 g/mol. The molecule has 2 aromatic rings. The van der Waals surface area contributed by atoms with Crippen LogP contribution >= 0.6 is 0 Å². The second-order valence-electron chi connectivity index (χ2n) is 8.66. The number of aldehydes is 1. The van der Waals surface area contributed by atoms with Gasteiger partial charge in [-0.05, 0) is 74.2 Å². The van der Waals surface area contributed by atoms with Gasteiger partial charge >= 0.3 is 0 Å². The number of carbonyl (C=O) groups excluding carboxylic acids is 1. The number of benzene rings is 2. The summed E-state index contributed by atoms with van der Waals surface area (Å²) in [5.74, 6) is 2.10. The maximum absolute atomic E-state index is 11.3. The first-order valence-electron chi connectivity index (χ1n) is 11.3. The molecule has 0 aliphatic carbocycles. The highest BCUT2D eigenvalue weighted by Gasteiger charge is 2.36. The fraction of sp³-hybridized carbons (Fsp3) is 0.481. The van der Waals surface area contributed by atoms with Gasteiger partial charge < -0.3 is 19.1 Å². The van der Waals surface area contributed by atoms with Crippen LogP contribution in [0.25, 0.3) is 0 Å². The van der Waals surface area contributed by atoms with Crippen molar-refractivity contribution in [1.82, 2.24) is 4.90 Å². The van der Waals surface area contributed by atoms with E-state index in [2.05, 4.69) is 37.9 Å². The number of hydrogen-bond acceptors (Lipinski definition) is 6. The Morgan fingerprint density at radius 1 is 1.00 bits per heavy atom. The summed E-state index contributed by atoms with van der Waals surface area (Å²) in [6.07, 6.45) is 3.28. The summed E-state index contributed by atoms with van der Waals surface area (Å²) in [7, 11) is 6.93. The first-order chi connectivity index (χ1) is 15.8. The molecular formula is C27H36N2O4. The van der Waals surface area contributed by atoms with Gasteiger partial charge in [0, 0.05) is 6.54 Å². The predicted octanol–water partition coefficient (Wildman–Crippen LogP) is 4.90. The zero-order valence-electron chi connectivity index (χ0n) is 20.7. The summed E-state index contributed by atoms with van der Waals surface area (Å²) in [5, 5.41) is 10.2. The molecule has 0 aromatic heterocycles. The van der Waals surface area contributed by atoms with Crippen LogP contribution in [0.1, 0.15) is 48.2 Å². The highest BCUT2D eigenvalue weighted by Crippen LogP contribution is 2.38. The van der Waals surface area contributed by atoms with Crippen LogP contribution in [0.5, 0.6) is 17.2 Å².